The highest BCUT2D eigenvalue weighted by Gasteiger charge is 2.00. The van der Waals surface area contributed by atoms with Gasteiger partial charge in [-0.1, -0.05) is 29.8 Å². The van der Waals surface area contributed by atoms with Crippen molar-refractivity contribution in [3.8, 4) is 0 Å². The third kappa shape index (κ3) is 7.18. The van der Waals surface area contributed by atoms with E-state index in [1.165, 1.54) is 0 Å². The normalized spacial score (nSPS) is 10.8. The van der Waals surface area contributed by atoms with E-state index in [1.54, 1.807) is 0 Å². The summed E-state index contributed by atoms with van der Waals surface area (Å²) in [6.45, 7) is 6.06. The van der Waals surface area contributed by atoms with E-state index < -0.39 is 0 Å². The molecule has 2 rings (SSSR count). The van der Waals surface area contributed by atoms with Crippen molar-refractivity contribution in [1.82, 2.24) is 15.6 Å². The highest BCUT2D eigenvalue weighted by Crippen LogP contribution is 2.11. The quantitative estimate of drug-likeness (QED) is 0.417. The van der Waals surface area contributed by atoms with Crippen LogP contribution in [0.1, 0.15) is 23.9 Å². The number of pyridine rings is 1. The Morgan fingerprint density at radius 2 is 1.96 bits per heavy atom. The first kappa shape index (κ1) is 19.7. The molecule has 0 atom stereocenters. The second-order valence-corrected chi connectivity index (χ2v) is 5.39. The molecule has 0 spiro atoms. The second kappa shape index (κ2) is 10.4. The summed E-state index contributed by atoms with van der Waals surface area (Å²) in [7, 11) is 0. The maximum atomic E-state index is 5.99. The maximum Gasteiger partial charge on any atom is 0.191 e. The van der Waals surface area contributed by atoms with Crippen molar-refractivity contribution in [3.05, 3.63) is 64.4 Å². The topological polar surface area (TPSA) is 49.3 Å². The van der Waals surface area contributed by atoms with Crippen molar-refractivity contribution in [2.45, 2.75) is 26.9 Å². The summed E-state index contributed by atoms with van der Waals surface area (Å²) in [5.41, 5.74) is 3.09. The van der Waals surface area contributed by atoms with Crippen molar-refractivity contribution in [1.29, 1.82) is 0 Å². The number of hydrogen-bond donors (Lipinski definition) is 2. The SMILES string of the molecule is CCNC(=NCc1cccc(Cl)c1)NCc1cccc(C)n1.I. The molecule has 0 aliphatic rings. The van der Waals surface area contributed by atoms with Gasteiger partial charge in [-0.15, -0.1) is 24.0 Å². The van der Waals surface area contributed by atoms with Gasteiger partial charge in [-0.3, -0.25) is 4.98 Å². The zero-order valence-electron chi connectivity index (χ0n) is 13.3. The van der Waals surface area contributed by atoms with Crippen LogP contribution in [-0.4, -0.2) is 17.5 Å². The second-order valence-electron chi connectivity index (χ2n) is 4.95. The molecule has 0 unspecified atom stereocenters. The van der Waals surface area contributed by atoms with E-state index in [0.717, 1.165) is 34.5 Å². The molecule has 6 heteroatoms. The van der Waals surface area contributed by atoms with Gasteiger partial charge in [0.2, 0.25) is 0 Å². The van der Waals surface area contributed by atoms with Gasteiger partial charge in [-0.05, 0) is 43.7 Å². The Morgan fingerprint density at radius 1 is 1.17 bits per heavy atom. The predicted octanol–water partition coefficient (Wildman–Crippen LogP) is 3.92. The zero-order valence-corrected chi connectivity index (χ0v) is 16.4. The summed E-state index contributed by atoms with van der Waals surface area (Å²) in [5.74, 6) is 0.769. The van der Waals surface area contributed by atoms with Crippen LogP contribution in [0.2, 0.25) is 5.02 Å². The molecule has 2 aromatic rings. The van der Waals surface area contributed by atoms with E-state index in [2.05, 4.69) is 20.6 Å². The molecule has 1 aromatic carbocycles. The van der Waals surface area contributed by atoms with Crippen LogP contribution < -0.4 is 10.6 Å². The third-order valence-electron chi connectivity index (χ3n) is 3.04. The number of nitrogens with zero attached hydrogens (tertiary/aromatic N) is 2. The lowest BCUT2D eigenvalue weighted by Gasteiger charge is -2.11. The van der Waals surface area contributed by atoms with Crippen LogP contribution in [-0.2, 0) is 13.1 Å². The van der Waals surface area contributed by atoms with Gasteiger partial charge < -0.3 is 10.6 Å². The van der Waals surface area contributed by atoms with Gasteiger partial charge in [0, 0.05) is 17.3 Å². The number of rotatable bonds is 5. The molecule has 0 radical (unpaired) electrons. The lowest BCUT2D eigenvalue weighted by atomic mass is 10.2. The molecule has 0 fully saturated rings. The number of halogens is 2. The van der Waals surface area contributed by atoms with E-state index in [9.17, 15) is 0 Å². The molecule has 1 aromatic heterocycles. The van der Waals surface area contributed by atoms with Crippen molar-refractivity contribution in [2.24, 2.45) is 4.99 Å². The first-order valence-corrected chi connectivity index (χ1v) is 7.74. The molecule has 0 saturated carbocycles. The summed E-state index contributed by atoms with van der Waals surface area (Å²) in [6, 6.07) is 13.7. The molecule has 23 heavy (non-hydrogen) atoms. The molecule has 124 valence electrons. The van der Waals surface area contributed by atoms with E-state index in [4.69, 9.17) is 11.6 Å². The Balaban J connectivity index is 0.00000264. The number of nitrogens with one attached hydrogen (secondary N) is 2. The molecule has 2 N–H and O–H groups in total. The fourth-order valence-corrected chi connectivity index (χ4v) is 2.23. The zero-order chi connectivity index (χ0) is 15.8. The summed E-state index contributed by atoms with van der Waals surface area (Å²) in [6.07, 6.45) is 0. The molecule has 1 heterocycles. The number of benzene rings is 1. The fraction of sp³-hybridized carbons (Fsp3) is 0.294. The standard InChI is InChI=1S/C17H21ClN4.HI/c1-3-19-17(20-11-14-7-5-8-15(18)10-14)21-12-16-9-4-6-13(2)22-16;/h4-10H,3,11-12H2,1-2H3,(H2,19,20,21);1H. The number of guanidine groups is 1. The molecule has 0 aliphatic carbocycles. The average Bonchev–Trinajstić information content (AvgIpc) is 2.50. The molecule has 4 nitrogen and oxygen atoms in total. The van der Waals surface area contributed by atoms with Crippen LogP contribution in [0.15, 0.2) is 47.5 Å². The fourth-order valence-electron chi connectivity index (χ4n) is 2.02. The Morgan fingerprint density at radius 3 is 2.65 bits per heavy atom. The smallest absolute Gasteiger partial charge is 0.191 e. The van der Waals surface area contributed by atoms with Gasteiger partial charge in [-0.25, -0.2) is 4.99 Å². The van der Waals surface area contributed by atoms with Crippen LogP contribution in [0, 0.1) is 6.92 Å². The predicted molar refractivity (Wildman–Crippen MR) is 107 cm³/mol. The number of aromatic nitrogens is 1. The lowest BCUT2D eigenvalue weighted by Crippen LogP contribution is -2.37. The Labute approximate surface area is 159 Å². The highest BCUT2D eigenvalue weighted by molar-refractivity contribution is 14.0. The van der Waals surface area contributed by atoms with Crippen molar-refractivity contribution in [2.75, 3.05) is 6.54 Å². The molecule has 0 saturated heterocycles. The Bertz CT molecular complexity index is 646. The van der Waals surface area contributed by atoms with Crippen LogP contribution >= 0.6 is 35.6 Å². The van der Waals surface area contributed by atoms with Gasteiger partial charge in [0.25, 0.3) is 0 Å². The summed E-state index contributed by atoms with van der Waals surface area (Å²) < 4.78 is 0. The van der Waals surface area contributed by atoms with Crippen LogP contribution in [0.5, 0.6) is 0 Å². The summed E-state index contributed by atoms with van der Waals surface area (Å²) in [4.78, 5) is 9.04. The lowest BCUT2D eigenvalue weighted by molar-refractivity contribution is 0.796. The summed E-state index contributed by atoms with van der Waals surface area (Å²) >= 11 is 5.99. The van der Waals surface area contributed by atoms with Crippen molar-refractivity contribution in [3.63, 3.8) is 0 Å². The minimum atomic E-state index is 0. The van der Waals surface area contributed by atoms with Crippen molar-refractivity contribution < 1.29 is 0 Å². The van der Waals surface area contributed by atoms with E-state index >= 15 is 0 Å². The number of aryl methyl sites for hydroxylation is 1. The molecule has 0 bridgehead atoms. The largest absolute Gasteiger partial charge is 0.357 e. The van der Waals surface area contributed by atoms with Crippen LogP contribution in [0.4, 0.5) is 0 Å². The minimum Gasteiger partial charge on any atom is -0.357 e. The average molecular weight is 445 g/mol. The molecule has 0 aliphatic heterocycles. The van der Waals surface area contributed by atoms with Crippen LogP contribution in [0.25, 0.3) is 0 Å². The monoisotopic (exact) mass is 444 g/mol. The molecular formula is C17H22ClIN4. The van der Waals surface area contributed by atoms with Crippen LogP contribution in [0.3, 0.4) is 0 Å². The number of hydrogen-bond acceptors (Lipinski definition) is 2. The highest BCUT2D eigenvalue weighted by atomic mass is 127. The first-order chi connectivity index (χ1) is 10.7. The summed E-state index contributed by atoms with van der Waals surface area (Å²) in [5, 5.41) is 7.25. The Hall–Kier alpha value is -1.34. The van der Waals surface area contributed by atoms with Gasteiger partial charge in [0.15, 0.2) is 5.96 Å². The van der Waals surface area contributed by atoms with E-state index in [-0.39, 0.29) is 24.0 Å². The third-order valence-corrected chi connectivity index (χ3v) is 3.27. The molecule has 0 amide bonds. The maximum absolute atomic E-state index is 5.99. The minimum absolute atomic E-state index is 0. The van der Waals surface area contributed by atoms with E-state index in [0.29, 0.717) is 13.1 Å². The molecular weight excluding hydrogens is 423 g/mol. The van der Waals surface area contributed by atoms with Gasteiger partial charge in [-0.2, -0.15) is 0 Å². The van der Waals surface area contributed by atoms with Gasteiger partial charge >= 0.3 is 0 Å². The first-order valence-electron chi connectivity index (χ1n) is 7.36. The van der Waals surface area contributed by atoms with Crippen molar-refractivity contribution >= 4 is 41.5 Å². The van der Waals surface area contributed by atoms with Gasteiger partial charge in [0.1, 0.15) is 0 Å². The number of aliphatic imine (C=N–C) groups is 1. The van der Waals surface area contributed by atoms with Gasteiger partial charge in [0.05, 0.1) is 18.8 Å². The van der Waals surface area contributed by atoms with E-state index in [1.807, 2.05) is 56.3 Å². The Kier molecular flexibility index (Phi) is 8.94.